The van der Waals surface area contributed by atoms with E-state index in [0.717, 1.165) is 12.8 Å². The van der Waals surface area contributed by atoms with Crippen LogP contribution in [0, 0.1) is 0 Å². The Kier molecular flexibility index (Phi) is 18.3. The number of nitrogens with one attached hydrogen (secondary N) is 1. The van der Waals surface area contributed by atoms with Gasteiger partial charge in [0.2, 0.25) is 5.91 Å². The molecule has 0 aromatic rings. The summed E-state index contributed by atoms with van der Waals surface area (Å²) in [5.74, 6) is -0.243. The maximum Gasteiger partial charge on any atom is 0.217 e. The molecular weight excluding hydrogens is 326 g/mol. The van der Waals surface area contributed by atoms with E-state index in [-0.39, 0.29) is 12.5 Å². The Bertz CT molecular complexity index is 344. The lowest BCUT2D eigenvalue weighted by Crippen LogP contribution is -2.44. The summed E-state index contributed by atoms with van der Waals surface area (Å²) in [6.45, 7) is 3.39. The molecule has 0 heterocycles. The zero-order valence-corrected chi connectivity index (χ0v) is 17.2. The van der Waals surface area contributed by atoms with Gasteiger partial charge in [0.25, 0.3) is 0 Å². The van der Waals surface area contributed by atoms with E-state index in [1.807, 2.05) is 6.08 Å². The summed E-state index contributed by atoms with van der Waals surface area (Å²) >= 11 is 0. The second-order valence-electron chi connectivity index (χ2n) is 7.44. The van der Waals surface area contributed by atoms with E-state index in [1.54, 1.807) is 6.08 Å². The highest BCUT2D eigenvalue weighted by Crippen LogP contribution is 2.13. The number of hydrogen-bond donors (Lipinski definition) is 3. The van der Waals surface area contributed by atoms with Gasteiger partial charge < -0.3 is 15.5 Å². The third-order valence-electron chi connectivity index (χ3n) is 4.81. The monoisotopic (exact) mass is 369 g/mol. The van der Waals surface area contributed by atoms with Gasteiger partial charge in [-0.1, -0.05) is 96.1 Å². The van der Waals surface area contributed by atoms with Gasteiger partial charge in [-0.05, 0) is 12.8 Å². The summed E-state index contributed by atoms with van der Waals surface area (Å²) < 4.78 is 0. The van der Waals surface area contributed by atoms with Gasteiger partial charge in [0, 0.05) is 6.92 Å². The van der Waals surface area contributed by atoms with Crippen LogP contribution >= 0.6 is 0 Å². The lowest BCUT2D eigenvalue weighted by Gasteiger charge is -2.18. The van der Waals surface area contributed by atoms with Crippen LogP contribution < -0.4 is 5.32 Å². The predicted molar refractivity (Wildman–Crippen MR) is 110 cm³/mol. The van der Waals surface area contributed by atoms with Gasteiger partial charge in [0.05, 0.1) is 18.8 Å². The van der Waals surface area contributed by atoms with E-state index < -0.39 is 12.1 Å². The number of aliphatic hydroxyl groups is 2. The van der Waals surface area contributed by atoms with E-state index in [4.69, 9.17) is 5.11 Å². The molecule has 1 amide bonds. The molecule has 0 fully saturated rings. The van der Waals surface area contributed by atoms with Crippen molar-refractivity contribution in [1.29, 1.82) is 0 Å². The zero-order chi connectivity index (χ0) is 19.5. The van der Waals surface area contributed by atoms with Crippen LogP contribution in [-0.4, -0.2) is 34.9 Å². The van der Waals surface area contributed by atoms with Gasteiger partial charge in [-0.25, -0.2) is 0 Å². The number of amides is 1. The van der Waals surface area contributed by atoms with Crippen LogP contribution in [0.4, 0.5) is 0 Å². The Morgan fingerprint density at radius 1 is 0.885 bits per heavy atom. The number of rotatable bonds is 18. The van der Waals surface area contributed by atoms with E-state index in [9.17, 15) is 9.90 Å². The van der Waals surface area contributed by atoms with Crippen molar-refractivity contribution in [3.05, 3.63) is 12.2 Å². The molecule has 4 nitrogen and oxygen atoms in total. The van der Waals surface area contributed by atoms with E-state index >= 15 is 0 Å². The third-order valence-corrected chi connectivity index (χ3v) is 4.81. The average Bonchev–Trinajstić information content (AvgIpc) is 2.62. The molecule has 154 valence electrons. The first-order chi connectivity index (χ1) is 12.6. The smallest absolute Gasteiger partial charge is 0.217 e. The molecule has 26 heavy (non-hydrogen) atoms. The fraction of sp³-hybridized carbons (Fsp3) is 0.864. The van der Waals surface area contributed by atoms with Crippen molar-refractivity contribution in [3.63, 3.8) is 0 Å². The molecule has 2 unspecified atom stereocenters. The second kappa shape index (κ2) is 18.9. The van der Waals surface area contributed by atoms with Gasteiger partial charge in [0.1, 0.15) is 0 Å². The van der Waals surface area contributed by atoms with Crippen LogP contribution in [0.5, 0.6) is 0 Å². The zero-order valence-electron chi connectivity index (χ0n) is 17.2. The van der Waals surface area contributed by atoms with Crippen LogP contribution in [0.25, 0.3) is 0 Å². The van der Waals surface area contributed by atoms with Crippen molar-refractivity contribution in [2.45, 2.75) is 116 Å². The van der Waals surface area contributed by atoms with Crippen molar-refractivity contribution in [3.8, 4) is 0 Å². The summed E-state index contributed by atoms with van der Waals surface area (Å²) in [4.78, 5) is 11.0. The number of carbonyl (C=O) groups is 1. The average molecular weight is 370 g/mol. The molecule has 0 radical (unpaired) electrons. The lowest BCUT2D eigenvalue weighted by molar-refractivity contribution is -0.120. The van der Waals surface area contributed by atoms with Gasteiger partial charge in [-0.15, -0.1) is 0 Å². The Labute approximate surface area is 161 Å². The van der Waals surface area contributed by atoms with Crippen LogP contribution in [0.15, 0.2) is 12.2 Å². The highest BCUT2D eigenvalue weighted by molar-refractivity contribution is 5.73. The van der Waals surface area contributed by atoms with Crippen molar-refractivity contribution < 1.29 is 15.0 Å². The highest BCUT2D eigenvalue weighted by Gasteiger charge is 2.15. The van der Waals surface area contributed by atoms with Gasteiger partial charge in [0.15, 0.2) is 0 Å². The Morgan fingerprint density at radius 2 is 1.35 bits per heavy atom. The lowest BCUT2D eigenvalue weighted by atomic mass is 10.0. The number of aliphatic hydroxyl groups excluding tert-OH is 2. The standard InChI is InChI=1S/C22H43NO3/c1-3-4-5-6-7-8-9-10-11-12-13-14-15-16-17-18-22(26)21(19-24)23-20(2)25/h17-18,21-22,24,26H,3-16,19H2,1-2H3,(H,23,25)/b18-17+. The van der Waals surface area contributed by atoms with Gasteiger partial charge in [-0.2, -0.15) is 0 Å². The molecule has 4 heteroatoms. The maximum atomic E-state index is 11.0. The topological polar surface area (TPSA) is 69.6 Å². The van der Waals surface area contributed by atoms with Crippen LogP contribution in [0.2, 0.25) is 0 Å². The summed E-state index contributed by atoms with van der Waals surface area (Å²) in [6, 6.07) is -0.615. The van der Waals surface area contributed by atoms with Gasteiger partial charge in [-0.3, -0.25) is 4.79 Å². The minimum absolute atomic E-state index is 0.243. The molecular formula is C22H43NO3. The van der Waals surface area contributed by atoms with E-state index in [2.05, 4.69) is 12.2 Å². The van der Waals surface area contributed by atoms with E-state index in [0.29, 0.717) is 0 Å². The molecule has 0 aromatic carbocycles. The number of hydrogen-bond acceptors (Lipinski definition) is 3. The van der Waals surface area contributed by atoms with Crippen LogP contribution in [0.3, 0.4) is 0 Å². The summed E-state index contributed by atoms with van der Waals surface area (Å²) in [6.07, 6.45) is 21.2. The van der Waals surface area contributed by atoms with Crippen molar-refractivity contribution in [2.75, 3.05) is 6.61 Å². The SMILES string of the molecule is CCCCCCCCCCCCCCC/C=C/C(O)C(CO)NC(C)=O. The summed E-state index contributed by atoms with van der Waals surface area (Å²) in [5, 5.41) is 21.6. The first kappa shape index (κ1) is 25.1. The molecule has 0 spiro atoms. The first-order valence-corrected chi connectivity index (χ1v) is 10.8. The van der Waals surface area contributed by atoms with Crippen molar-refractivity contribution >= 4 is 5.91 Å². The molecule has 0 aliphatic heterocycles. The molecule has 2 atom stereocenters. The normalized spacial score (nSPS) is 13.8. The Morgan fingerprint density at radius 3 is 1.77 bits per heavy atom. The molecule has 0 aliphatic rings. The highest BCUT2D eigenvalue weighted by atomic mass is 16.3. The van der Waals surface area contributed by atoms with Crippen molar-refractivity contribution in [2.24, 2.45) is 0 Å². The molecule has 0 bridgehead atoms. The largest absolute Gasteiger partial charge is 0.394 e. The van der Waals surface area contributed by atoms with Crippen molar-refractivity contribution in [1.82, 2.24) is 5.32 Å². The fourth-order valence-corrected chi connectivity index (χ4v) is 3.15. The molecule has 0 saturated heterocycles. The molecule has 0 rings (SSSR count). The minimum Gasteiger partial charge on any atom is -0.394 e. The number of allylic oxidation sites excluding steroid dienone is 1. The van der Waals surface area contributed by atoms with Crippen LogP contribution in [-0.2, 0) is 4.79 Å². The number of carbonyl (C=O) groups excluding carboxylic acids is 1. The molecule has 0 saturated carbocycles. The van der Waals surface area contributed by atoms with E-state index in [1.165, 1.54) is 84.0 Å². The fourth-order valence-electron chi connectivity index (χ4n) is 3.15. The number of unbranched alkanes of at least 4 members (excludes halogenated alkanes) is 13. The minimum atomic E-state index is -0.828. The molecule has 3 N–H and O–H groups in total. The van der Waals surface area contributed by atoms with Crippen LogP contribution in [0.1, 0.15) is 104 Å². The summed E-state index contributed by atoms with van der Waals surface area (Å²) in [7, 11) is 0. The third kappa shape index (κ3) is 16.6. The van der Waals surface area contributed by atoms with Gasteiger partial charge >= 0.3 is 0 Å². The Hall–Kier alpha value is -0.870. The first-order valence-electron chi connectivity index (χ1n) is 10.8. The molecule has 0 aliphatic carbocycles. The summed E-state index contributed by atoms with van der Waals surface area (Å²) in [5.41, 5.74) is 0. The molecule has 0 aromatic heterocycles. The second-order valence-corrected chi connectivity index (χ2v) is 7.44. The Balaban J connectivity index is 3.41. The maximum absolute atomic E-state index is 11.0. The predicted octanol–water partition coefficient (Wildman–Crippen LogP) is 4.88. The quantitative estimate of drug-likeness (QED) is 0.238.